The third-order valence-corrected chi connectivity index (χ3v) is 5.17. The lowest BCUT2D eigenvalue weighted by Gasteiger charge is -2.39. The highest BCUT2D eigenvalue weighted by atomic mass is 16.4. The first-order valence-electron chi connectivity index (χ1n) is 8.28. The Morgan fingerprint density at radius 1 is 1.19 bits per heavy atom. The molecule has 1 spiro atoms. The number of hydrogen-bond acceptors (Lipinski definition) is 2. The SMILES string of the molecule is CC(CCCC(=O)O)NC(=O)N1CCC2(CCCC2)CC1. The maximum atomic E-state index is 12.2. The van der Waals surface area contributed by atoms with Crippen molar-refractivity contribution in [1.29, 1.82) is 0 Å². The van der Waals surface area contributed by atoms with Crippen molar-refractivity contribution >= 4 is 12.0 Å². The van der Waals surface area contributed by atoms with Crippen LogP contribution in [0.25, 0.3) is 0 Å². The van der Waals surface area contributed by atoms with Gasteiger partial charge >= 0.3 is 12.0 Å². The summed E-state index contributed by atoms with van der Waals surface area (Å²) in [7, 11) is 0. The van der Waals surface area contributed by atoms with Crippen LogP contribution < -0.4 is 5.32 Å². The predicted molar refractivity (Wildman–Crippen MR) is 81.2 cm³/mol. The number of amides is 2. The number of carbonyl (C=O) groups excluding carboxylic acids is 1. The van der Waals surface area contributed by atoms with Crippen LogP contribution in [0.3, 0.4) is 0 Å². The van der Waals surface area contributed by atoms with E-state index in [1.807, 2.05) is 11.8 Å². The zero-order chi connectivity index (χ0) is 15.3. The minimum absolute atomic E-state index is 0.0191. The molecule has 2 N–H and O–H groups in total. The lowest BCUT2D eigenvalue weighted by atomic mass is 9.77. The molecule has 1 aliphatic heterocycles. The van der Waals surface area contributed by atoms with Crippen molar-refractivity contribution in [1.82, 2.24) is 10.2 Å². The third-order valence-electron chi connectivity index (χ3n) is 5.17. The predicted octanol–water partition coefficient (Wildman–Crippen LogP) is 3.00. The average Bonchev–Trinajstić information content (AvgIpc) is 2.87. The van der Waals surface area contributed by atoms with Crippen molar-refractivity contribution in [2.75, 3.05) is 13.1 Å². The standard InChI is InChI=1S/C16H28N2O3/c1-13(5-4-6-14(19)20)17-15(21)18-11-9-16(10-12-18)7-2-3-8-16/h13H,2-12H2,1H3,(H,17,21)(H,19,20). The number of carboxylic acid groups (broad SMARTS) is 1. The van der Waals surface area contributed by atoms with E-state index < -0.39 is 5.97 Å². The number of nitrogens with one attached hydrogen (secondary N) is 1. The van der Waals surface area contributed by atoms with E-state index in [4.69, 9.17) is 5.11 Å². The molecule has 120 valence electrons. The number of hydrogen-bond donors (Lipinski definition) is 2. The monoisotopic (exact) mass is 296 g/mol. The summed E-state index contributed by atoms with van der Waals surface area (Å²) < 4.78 is 0. The maximum absolute atomic E-state index is 12.2. The van der Waals surface area contributed by atoms with Crippen molar-refractivity contribution in [2.45, 2.75) is 70.8 Å². The molecule has 5 nitrogen and oxygen atoms in total. The van der Waals surface area contributed by atoms with Gasteiger partial charge in [-0.3, -0.25) is 4.79 Å². The lowest BCUT2D eigenvalue weighted by Crippen LogP contribution is -2.49. The molecule has 2 amide bonds. The second kappa shape index (κ2) is 7.14. The lowest BCUT2D eigenvalue weighted by molar-refractivity contribution is -0.137. The Balaban J connectivity index is 1.68. The van der Waals surface area contributed by atoms with E-state index in [0.717, 1.165) is 32.4 Å². The van der Waals surface area contributed by atoms with E-state index in [0.29, 0.717) is 11.8 Å². The summed E-state index contributed by atoms with van der Waals surface area (Å²) in [5.74, 6) is -0.772. The Labute approximate surface area is 127 Å². The van der Waals surface area contributed by atoms with Gasteiger partial charge in [-0.2, -0.15) is 0 Å². The zero-order valence-corrected chi connectivity index (χ0v) is 13.1. The van der Waals surface area contributed by atoms with Gasteiger partial charge < -0.3 is 15.3 Å². The quantitative estimate of drug-likeness (QED) is 0.819. The molecule has 2 rings (SSSR count). The third kappa shape index (κ3) is 4.61. The van der Waals surface area contributed by atoms with Crippen LogP contribution in [-0.4, -0.2) is 41.1 Å². The van der Waals surface area contributed by atoms with Crippen LogP contribution in [0.5, 0.6) is 0 Å². The van der Waals surface area contributed by atoms with Crippen molar-refractivity contribution in [3.63, 3.8) is 0 Å². The van der Waals surface area contributed by atoms with Gasteiger partial charge in [0.1, 0.15) is 0 Å². The number of nitrogens with zero attached hydrogens (tertiary/aromatic N) is 1. The summed E-state index contributed by atoms with van der Waals surface area (Å²) in [5.41, 5.74) is 0.532. The number of carboxylic acids is 1. The van der Waals surface area contributed by atoms with E-state index in [1.165, 1.54) is 25.7 Å². The van der Waals surface area contributed by atoms with E-state index in [1.54, 1.807) is 0 Å². The van der Waals surface area contributed by atoms with Gasteiger partial charge in [0.05, 0.1) is 0 Å². The van der Waals surface area contributed by atoms with Crippen LogP contribution in [0, 0.1) is 5.41 Å². The second-order valence-corrected chi connectivity index (χ2v) is 6.83. The molecule has 1 unspecified atom stereocenters. The molecule has 5 heteroatoms. The van der Waals surface area contributed by atoms with Crippen LogP contribution in [0.4, 0.5) is 4.79 Å². The Hall–Kier alpha value is -1.26. The van der Waals surface area contributed by atoms with E-state index in [-0.39, 0.29) is 18.5 Å². The normalized spacial score (nSPS) is 22.2. The molecule has 1 saturated carbocycles. The molecular weight excluding hydrogens is 268 g/mol. The number of likely N-dealkylation sites (tertiary alicyclic amines) is 1. The van der Waals surface area contributed by atoms with Gasteiger partial charge in [0.15, 0.2) is 0 Å². The Kier molecular flexibility index (Phi) is 5.48. The minimum Gasteiger partial charge on any atom is -0.481 e. The number of aliphatic carboxylic acids is 1. The van der Waals surface area contributed by atoms with Gasteiger partial charge in [-0.25, -0.2) is 4.79 Å². The fourth-order valence-electron chi connectivity index (χ4n) is 3.74. The Bertz CT molecular complexity index is 368. The molecule has 0 bridgehead atoms. The van der Waals surface area contributed by atoms with Gasteiger partial charge in [0.25, 0.3) is 0 Å². The maximum Gasteiger partial charge on any atom is 0.317 e. The Morgan fingerprint density at radius 2 is 1.81 bits per heavy atom. The first kappa shape index (κ1) is 16.1. The summed E-state index contributed by atoms with van der Waals surface area (Å²) in [6.07, 6.45) is 9.19. The molecule has 1 saturated heterocycles. The molecular formula is C16H28N2O3. The molecule has 0 aromatic heterocycles. The number of piperidine rings is 1. The number of rotatable bonds is 5. The fourth-order valence-corrected chi connectivity index (χ4v) is 3.74. The average molecular weight is 296 g/mol. The van der Waals surface area contributed by atoms with E-state index >= 15 is 0 Å². The van der Waals surface area contributed by atoms with Crippen LogP contribution in [0.15, 0.2) is 0 Å². The Morgan fingerprint density at radius 3 is 2.38 bits per heavy atom. The van der Waals surface area contributed by atoms with Gasteiger partial charge in [-0.15, -0.1) is 0 Å². The topological polar surface area (TPSA) is 69.6 Å². The number of carbonyl (C=O) groups is 2. The highest BCUT2D eigenvalue weighted by molar-refractivity contribution is 5.74. The molecule has 0 aromatic carbocycles. The van der Waals surface area contributed by atoms with Crippen molar-refractivity contribution in [2.24, 2.45) is 5.41 Å². The first-order chi connectivity index (χ1) is 10.0. The van der Waals surface area contributed by atoms with Gasteiger partial charge in [-0.05, 0) is 50.9 Å². The summed E-state index contributed by atoms with van der Waals surface area (Å²) >= 11 is 0. The van der Waals surface area contributed by atoms with Crippen molar-refractivity contribution < 1.29 is 14.7 Å². The van der Waals surface area contributed by atoms with E-state index in [9.17, 15) is 9.59 Å². The summed E-state index contributed by atoms with van der Waals surface area (Å²) in [6, 6.07) is 0.0601. The first-order valence-corrected chi connectivity index (χ1v) is 8.28. The highest BCUT2D eigenvalue weighted by Gasteiger charge is 2.37. The zero-order valence-electron chi connectivity index (χ0n) is 13.1. The van der Waals surface area contributed by atoms with Gasteiger partial charge in [-0.1, -0.05) is 12.8 Å². The molecule has 1 atom stereocenters. The van der Waals surface area contributed by atoms with Gasteiger partial charge in [0.2, 0.25) is 0 Å². The van der Waals surface area contributed by atoms with Crippen LogP contribution >= 0.6 is 0 Å². The number of urea groups is 1. The summed E-state index contributed by atoms with van der Waals surface area (Å²) in [5, 5.41) is 11.6. The van der Waals surface area contributed by atoms with Crippen LogP contribution in [0.2, 0.25) is 0 Å². The highest BCUT2D eigenvalue weighted by Crippen LogP contribution is 2.46. The second-order valence-electron chi connectivity index (χ2n) is 6.83. The van der Waals surface area contributed by atoms with Crippen molar-refractivity contribution in [3.05, 3.63) is 0 Å². The minimum atomic E-state index is -0.772. The summed E-state index contributed by atoms with van der Waals surface area (Å²) in [6.45, 7) is 3.68. The molecule has 1 heterocycles. The smallest absolute Gasteiger partial charge is 0.317 e. The fraction of sp³-hybridized carbons (Fsp3) is 0.875. The van der Waals surface area contributed by atoms with E-state index in [2.05, 4.69) is 5.32 Å². The molecule has 21 heavy (non-hydrogen) atoms. The molecule has 1 aliphatic carbocycles. The van der Waals surface area contributed by atoms with Crippen LogP contribution in [-0.2, 0) is 4.79 Å². The summed E-state index contributed by atoms with van der Waals surface area (Å²) in [4.78, 5) is 24.6. The van der Waals surface area contributed by atoms with Crippen LogP contribution in [0.1, 0.15) is 64.7 Å². The largest absolute Gasteiger partial charge is 0.481 e. The molecule has 2 aliphatic rings. The molecule has 2 fully saturated rings. The molecule has 0 aromatic rings. The molecule has 0 radical (unpaired) electrons. The van der Waals surface area contributed by atoms with Crippen molar-refractivity contribution in [3.8, 4) is 0 Å². The van der Waals surface area contributed by atoms with Gasteiger partial charge in [0, 0.05) is 25.6 Å².